The second kappa shape index (κ2) is 5.36. The molecule has 0 radical (unpaired) electrons. The highest BCUT2D eigenvalue weighted by Crippen LogP contribution is 2.26. The molecule has 3 heteroatoms. The van der Waals surface area contributed by atoms with Crippen LogP contribution in [0, 0.1) is 20.8 Å². The van der Waals surface area contributed by atoms with Gasteiger partial charge in [-0.25, -0.2) is 0 Å². The molecule has 2 rings (SSSR count). The normalized spacial score (nSPS) is 10.9. The zero-order valence-electron chi connectivity index (χ0n) is 11.4. The summed E-state index contributed by atoms with van der Waals surface area (Å²) >= 11 is 0. The molecule has 3 nitrogen and oxygen atoms in total. The molecule has 0 saturated carbocycles. The second-order valence-electron chi connectivity index (χ2n) is 4.86. The fraction of sp³-hybridized carbons (Fsp3) is 0.400. The van der Waals surface area contributed by atoms with Gasteiger partial charge < -0.3 is 11.1 Å². The Labute approximate surface area is 108 Å². The zero-order chi connectivity index (χ0) is 13.1. The monoisotopic (exact) mass is 243 g/mol. The lowest BCUT2D eigenvalue weighted by Crippen LogP contribution is -2.09. The van der Waals surface area contributed by atoms with Gasteiger partial charge in [0.15, 0.2) is 0 Å². The summed E-state index contributed by atoms with van der Waals surface area (Å²) in [5.41, 5.74) is 11.3. The highest BCUT2D eigenvalue weighted by molar-refractivity contribution is 5.93. The van der Waals surface area contributed by atoms with Gasteiger partial charge in [0.1, 0.15) is 0 Å². The van der Waals surface area contributed by atoms with Crippen molar-refractivity contribution in [2.75, 3.05) is 18.4 Å². The van der Waals surface area contributed by atoms with E-state index in [1.54, 1.807) is 0 Å². The fourth-order valence-electron chi connectivity index (χ4n) is 2.28. The van der Waals surface area contributed by atoms with Gasteiger partial charge in [-0.15, -0.1) is 0 Å². The standard InChI is InChI=1S/C15H21N3/c1-10-7-11(2)15-13(8-10)14(9-12(3)18-15)17-6-4-5-16/h7-9H,4-6,16H2,1-3H3,(H,17,18). The average molecular weight is 243 g/mol. The number of nitrogens with zero attached hydrogens (tertiary/aromatic N) is 1. The lowest BCUT2D eigenvalue weighted by Gasteiger charge is -2.12. The number of pyridine rings is 1. The van der Waals surface area contributed by atoms with Gasteiger partial charge in [-0.2, -0.15) is 0 Å². The van der Waals surface area contributed by atoms with E-state index in [1.807, 2.05) is 6.92 Å². The summed E-state index contributed by atoms with van der Waals surface area (Å²) in [5.74, 6) is 0. The van der Waals surface area contributed by atoms with Gasteiger partial charge in [0.25, 0.3) is 0 Å². The predicted octanol–water partition coefficient (Wildman–Crippen LogP) is 2.92. The molecule has 0 unspecified atom stereocenters. The van der Waals surface area contributed by atoms with Gasteiger partial charge >= 0.3 is 0 Å². The summed E-state index contributed by atoms with van der Waals surface area (Å²) in [4.78, 5) is 4.64. The first-order valence-corrected chi connectivity index (χ1v) is 6.44. The summed E-state index contributed by atoms with van der Waals surface area (Å²) in [6.45, 7) is 7.89. The van der Waals surface area contributed by atoms with Crippen molar-refractivity contribution in [1.82, 2.24) is 4.98 Å². The van der Waals surface area contributed by atoms with Gasteiger partial charge in [-0.05, 0) is 51.4 Å². The Bertz CT molecular complexity index is 561. The Kier molecular flexibility index (Phi) is 3.82. The number of rotatable bonds is 4. The molecule has 0 aliphatic heterocycles. The Morgan fingerprint density at radius 3 is 2.67 bits per heavy atom. The van der Waals surface area contributed by atoms with E-state index in [4.69, 9.17) is 5.73 Å². The molecule has 18 heavy (non-hydrogen) atoms. The highest BCUT2D eigenvalue weighted by Gasteiger charge is 2.06. The van der Waals surface area contributed by atoms with E-state index in [0.717, 1.165) is 29.9 Å². The number of anilines is 1. The molecular formula is C15H21N3. The van der Waals surface area contributed by atoms with Crippen LogP contribution in [0.3, 0.4) is 0 Å². The Hall–Kier alpha value is -1.61. The molecule has 0 saturated heterocycles. The van der Waals surface area contributed by atoms with Crippen LogP contribution in [0.25, 0.3) is 10.9 Å². The Morgan fingerprint density at radius 1 is 1.17 bits per heavy atom. The number of fused-ring (bicyclic) bond motifs is 1. The van der Waals surface area contributed by atoms with Crippen LogP contribution in [-0.2, 0) is 0 Å². The lowest BCUT2D eigenvalue weighted by atomic mass is 10.0. The van der Waals surface area contributed by atoms with E-state index < -0.39 is 0 Å². The molecule has 3 N–H and O–H groups in total. The maximum absolute atomic E-state index is 5.53. The molecule has 1 aromatic heterocycles. The van der Waals surface area contributed by atoms with Crippen LogP contribution in [0.5, 0.6) is 0 Å². The molecule has 0 atom stereocenters. The van der Waals surface area contributed by atoms with Crippen molar-refractivity contribution in [2.45, 2.75) is 27.2 Å². The average Bonchev–Trinajstić information content (AvgIpc) is 2.31. The molecule has 0 fully saturated rings. The van der Waals surface area contributed by atoms with Gasteiger partial charge in [0, 0.05) is 23.3 Å². The second-order valence-corrected chi connectivity index (χ2v) is 4.86. The first kappa shape index (κ1) is 12.8. The van der Waals surface area contributed by atoms with Crippen LogP contribution in [-0.4, -0.2) is 18.1 Å². The number of hydrogen-bond donors (Lipinski definition) is 2. The predicted molar refractivity (Wildman–Crippen MR) is 78.1 cm³/mol. The van der Waals surface area contributed by atoms with Crippen LogP contribution < -0.4 is 11.1 Å². The summed E-state index contributed by atoms with van der Waals surface area (Å²) < 4.78 is 0. The van der Waals surface area contributed by atoms with Gasteiger partial charge in [-0.1, -0.05) is 11.6 Å². The van der Waals surface area contributed by atoms with E-state index in [1.165, 1.54) is 16.5 Å². The lowest BCUT2D eigenvalue weighted by molar-refractivity contribution is 0.875. The minimum absolute atomic E-state index is 0.715. The topological polar surface area (TPSA) is 50.9 Å². The van der Waals surface area contributed by atoms with Crippen LogP contribution in [0.2, 0.25) is 0 Å². The van der Waals surface area contributed by atoms with Gasteiger partial charge in [0.2, 0.25) is 0 Å². The van der Waals surface area contributed by atoms with Crippen LogP contribution >= 0.6 is 0 Å². The molecule has 1 aromatic carbocycles. The van der Waals surface area contributed by atoms with E-state index in [0.29, 0.717) is 6.54 Å². The first-order chi connectivity index (χ1) is 8.61. The molecule has 0 spiro atoms. The third kappa shape index (κ3) is 2.62. The minimum atomic E-state index is 0.715. The van der Waals surface area contributed by atoms with Crippen molar-refractivity contribution in [3.05, 3.63) is 35.0 Å². The Morgan fingerprint density at radius 2 is 1.94 bits per heavy atom. The van der Waals surface area contributed by atoms with Crippen molar-refractivity contribution in [1.29, 1.82) is 0 Å². The third-order valence-electron chi connectivity index (χ3n) is 3.07. The molecule has 96 valence electrons. The van der Waals surface area contributed by atoms with Crippen LogP contribution in [0.1, 0.15) is 23.2 Å². The van der Waals surface area contributed by atoms with Crippen molar-refractivity contribution in [3.63, 3.8) is 0 Å². The Balaban J connectivity index is 2.50. The third-order valence-corrected chi connectivity index (χ3v) is 3.07. The fourth-order valence-corrected chi connectivity index (χ4v) is 2.28. The van der Waals surface area contributed by atoms with E-state index in [2.05, 4.69) is 42.3 Å². The van der Waals surface area contributed by atoms with Crippen molar-refractivity contribution in [3.8, 4) is 0 Å². The summed E-state index contributed by atoms with van der Waals surface area (Å²) in [6.07, 6.45) is 0.980. The van der Waals surface area contributed by atoms with Crippen LogP contribution in [0.4, 0.5) is 5.69 Å². The zero-order valence-corrected chi connectivity index (χ0v) is 11.4. The number of aryl methyl sites for hydroxylation is 3. The summed E-state index contributed by atoms with van der Waals surface area (Å²) in [6, 6.07) is 6.48. The molecule has 0 bridgehead atoms. The quantitative estimate of drug-likeness (QED) is 0.812. The number of benzene rings is 1. The number of hydrogen-bond acceptors (Lipinski definition) is 3. The molecule has 0 aliphatic carbocycles. The number of nitrogens with two attached hydrogens (primary N) is 1. The van der Waals surface area contributed by atoms with Crippen molar-refractivity contribution in [2.24, 2.45) is 5.73 Å². The number of aromatic nitrogens is 1. The van der Waals surface area contributed by atoms with Crippen molar-refractivity contribution < 1.29 is 0 Å². The molecule has 0 aliphatic rings. The SMILES string of the molecule is Cc1cc(C)c2nc(C)cc(NCCCN)c2c1. The summed E-state index contributed by atoms with van der Waals surface area (Å²) in [7, 11) is 0. The molecule has 2 aromatic rings. The number of nitrogens with one attached hydrogen (secondary N) is 1. The smallest absolute Gasteiger partial charge is 0.0755 e. The molecule has 1 heterocycles. The maximum atomic E-state index is 5.53. The van der Waals surface area contributed by atoms with Gasteiger partial charge in [-0.3, -0.25) is 4.98 Å². The van der Waals surface area contributed by atoms with E-state index >= 15 is 0 Å². The molecule has 0 amide bonds. The van der Waals surface area contributed by atoms with E-state index in [9.17, 15) is 0 Å². The molecular weight excluding hydrogens is 222 g/mol. The van der Waals surface area contributed by atoms with Crippen molar-refractivity contribution >= 4 is 16.6 Å². The minimum Gasteiger partial charge on any atom is -0.384 e. The maximum Gasteiger partial charge on any atom is 0.0755 e. The van der Waals surface area contributed by atoms with Crippen LogP contribution in [0.15, 0.2) is 18.2 Å². The largest absolute Gasteiger partial charge is 0.384 e. The van der Waals surface area contributed by atoms with Gasteiger partial charge in [0.05, 0.1) is 5.52 Å². The summed E-state index contributed by atoms with van der Waals surface area (Å²) in [5, 5.41) is 4.67. The van der Waals surface area contributed by atoms with E-state index in [-0.39, 0.29) is 0 Å². The highest BCUT2D eigenvalue weighted by atomic mass is 14.9. The first-order valence-electron chi connectivity index (χ1n) is 6.44.